The van der Waals surface area contributed by atoms with Gasteiger partial charge in [-0.2, -0.15) is 0 Å². The molecule has 0 aromatic heterocycles. The first-order valence-electron chi connectivity index (χ1n) is 9.22. The monoisotopic (exact) mass is 436 g/mol. The molecule has 0 saturated heterocycles. The van der Waals surface area contributed by atoms with Crippen LogP contribution in [0.25, 0.3) is 0 Å². The standard InChI is InChI=1S/C21H28N2O4S2/c1-15-7-6-8-18(11-15)27-9-10-28-14-21(24)22-20-13-19(12-16(2)17(20)3)29(25,26)23(4)5/h6-8,11-13H,9-10,14H2,1-5H3,(H,22,24). The molecule has 0 aliphatic carbocycles. The fourth-order valence-electron chi connectivity index (χ4n) is 2.59. The van der Waals surface area contributed by atoms with E-state index in [1.807, 2.05) is 45.0 Å². The molecule has 2 aromatic rings. The Morgan fingerprint density at radius 3 is 2.52 bits per heavy atom. The van der Waals surface area contributed by atoms with Gasteiger partial charge in [-0.3, -0.25) is 4.79 Å². The van der Waals surface area contributed by atoms with Crippen LogP contribution in [0.15, 0.2) is 41.3 Å². The number of thioether (sulfide) groups is 1. The van der Waals surface area contributed by atoms with Gasteiger partial charge >= 0.3 is 0 Å². The van der Waals surface area contributed by atoms with Crippen molar-refractivity contribution < 1.29 is 17.9 Å². The molecule has 0 aliphatic heterocycles. The van der Waals surface area contributed by atoms with E-state index in [1.165, 1.54) is 31.9 Å². The highest BCUT2D eigenvalue weighted by Crippen LogP contribution is 2.25. The van der Waals surface area contributed by atoms with Crippen LogP contribution in [0.3, 0.4) is 0 Å². The summed E-state index contributed by atoms with van der Waals surface area (Å²) in [5, 5.41) is 2.83. The number of aryl methyl sites for hydroxylation is 2. The number of nitrogens with one attached hydrogen (secondary N) is 1. The second-order valence-electron chi connectivity index (χ2n) is 6.97. The minimum atomic E-state index is -3.57. The Hall–Kier alpha value is -2.03. The molecule has 0 atom stereocenters. The Kier molecular flexibility index (Phi) is 8.13. The van der Waals surface area contributed by atoms with E-state index in [2.05, 4.69) is 5.32 Å². The second-order valence-corrected chi connectivity index (χ2v) is 10.2. The first kappa shape index (κ1) is 23.3. The van der Waals surface area contributed by atoms with Gasteiger partial charge in [0, 0.05) is 25.5 Å². The summed E-state index contributed by atoms with van der Waals surface area (Å²) in [7, 11) is -0.599. The molecule has 2 rings (SSSR count). The minimum absolute atomic E-state index is 0.167. The van der Waals surface area contributed by atoms with Crippen LogP contribution < -0.4 is 10.1 Å². The molecule has 0 aliphatic rings. The molecule has 8 heteroatoms. The van der Waals surface area contributed by atoms with Gasteiger partial charge in [-0.25, -0.2) is 12.7 Å². The number of carbonyl (C=O) groups is 1. The normalized spacial score (nSPS) is 11.5. The molecular weight excluding hydrogens is 408 g/mol. The molecule has 158 valence electrons. The van der Waals surface area contributed by atoms with Crippen LogP contribution in [0.4, 0.5) is 5.69 Å². The van der Waals surface area contributed by atoms with Crippen molar-refractivity contribution in [1.29, 1.82) is 0 Å². The smallest absolute Gasteiger partial charge is 0.242 e. The number of rotatable bonds is 9. The molecule has 2 aromatic carbocycles. The van der Waals surface area contributed by atoms with Gasteiger partial charge in [-0.05, 0) is 61.7 Å². The molecule has 0 fully saturated rings. The first-order valence-corrected chi connectivity index (χ1v) is 11.8. The number of sulfonamides is 1. The summed E-state index contributed by atoms with van der Waals surface area (Å²) >= 11 is 1.47. The van der Waals surface area contributed by atoms with Crippen LogP contribution in [0.5, 0.6) is 5.75 Å². The third-order valence-electron chi connectivity index (χ3n) is 4.41. The van der Waals surface area contributed by atoms with Crippen molar-refractivity contribution >= 4 is 33.4 Å². The highest BCUT2D eigenvalue weighted by molar-refractivity contribution is 7.99. The molecule has 0 spiro atoms. The average Bonchev–Trinajstić information content (AvgIpc) is 2.64. The maximum Gasteiger partial charge on any atom is 0.242 e. The highest BCUT2D eigenvalue weighted by Gasteiger charge is 2.20. The van der Waals surface area contributed by atoms with E-state index >= 15 is 0 Å². The summed E-state index contributed by atoms with van der Waals surface area (Å²) in [6.45, 7) is 6.21. The quantitative estimate of drug-likeness (QED) is 0.608. The molecule has 0 unspecified atom stereocenters. The Morgan fingerprint density at radius 2 is 1.86 bits per heavy atom. The van der Waals surface area contributed by atoms with Crippen LogP contribution >= 0.6 is 11.8 Å². The van der Waals surface area contributed by atoms with Crippen molar-refractivity contribution in [2.45, 2.75) is 25.7 Å². The molecule has 0 radical (unpaired) electrons. The van der Waals surface area contributed by atoms with E-state index in [9.17, 15) is 13.2 Å². The largest absolute Gasteiger partial charge is 0.493 e. The van der Waals surface area contributed by atoms with Gasteiger partial charge in [0.05, 0.1) is 17.3 Å². The van der Waals surface area contributed by atoms with E-state index in [0.29, 0.717) is 18.0 Å². The molecule has 0 saturated carbocycles. The zero-order valence-electron chi connectivity index (χ0n) is 17.5. The van der Waals surface area contributed by atoms with Gasteiger partial charge in [0.2, 0.25) is 15.9 Å². The molecule has 0 heterocycles. The van der Waals surface area contributed by atoms with E-state index < -0.39 is 10.0 Å². The summed E-state index contributed by atoms with van der Waals surface area (Å²) in [5.41, 5.74) is 3.32. The van der Waals surface area contributed by atoms with Crippen LogP contribution in [0.1, 0.15) is 16.7 Å². The lowest BCUT2D eigenvalue weighted by Crippen LogP contribution is -2.23. The van der Waals surface area contributed by atoms with E-state index in [1.54, 1.807) is 6.07 Å². The maximum atomic E-state index is 12.4. The summed E-state index contributed by atoms with van der Waals surface area (Å²) in [6.07, 6.45) is 0. The minimum Gasteiger partial charge on any atom is -0.493 e. The van der Waals surface area contributed by atoms with E-state index in [0.717, 1.165) is 26.7 Å². The Labute approximate surface area is 177 Å². The van der Waals surface area contributed by atoms with Crippen molar-refractivity contribution in [3.63, 3.8) is 0 Å². The van der Waals surface area contributed by atoms with Crippen LogP contribution in [-0.4, -0.2) is 50.8 Å². The number of nitrogens with zero attached hydrogens (tertiary/aromatic N) is 1. The van der Waals surface area contributed by atoms with Crippen molar-refractivity contribution in [2.24, 2.45) is 0 Å². The average molecular weight is 437 g/mol. The lowest BCUT2D eigenvalue weighted by atomic mass is 10.1. The number of amides is 1. The predicted octanol–water partition coefficient (Wildman–Crippen LogP) is 3.61. The summed E-state index contributed by atoms with van der Waals surface area (Å²) in [6, 6.07) is 11.0. The van der Waals surface area contributed by atoms with E-state index in [4.69, 9.17) is 4.74 Å². The van der Waals surface area contributed by atoms with Gasteiger partial charge in [-0.1, -0.05) is 12.1 Å². The number of benzene rings is 2. The van der Waals surface area contributed by atoms with Crippen molar-refractivity contribution in [1.82, 2.24) is 4.31 Å². The zero-order chi connectivity index (χ0) is 21.6. The molecule has 29 heavy (non-hydrogen) atoms. The lowest BCUT2D eigenvalue weighted by Gasteiger charge is -2.16. The molecular formula is C21H28N2O4S2. The molecule has 1 N–H and O–H groups in total. The summed E-state index contributed by atoms with van der Waals surface area (Å²) in [4.78, 5) is 12.5. The van der Waals surface area contributed by atoms with Crippen LogP contribution in [0, 0.1) is 20.8 Å². The highest BCUT2D eigenvalue weighted by atomic mass is 32.2. The topological polar surface area (TPSA) is 75.7 Å². The van der Waals surface area contributed by atoms with Crippen LogP contribution in [0.2, 0.25) is 0 Å². The van der Waals surface area contributed by atoms with Gasteiger partial charge in [0.15, 0.2) is 0 Å². The summed E-state index contributed by atoms with van der Waals surface area (Å²) in [5.74, 6) is 1.59. The SMILES string of the molecule is Cc1cccc(OCCSCC(=O)Nc2cc(S(=O)(=O)N(C)C)cc(C)c2C)c1. The summed E-state index contributed by atoms with van der Waals surface area (Å²) < 4.78 is 31.7. The van der Waals surface area contributed by atoms with Crippen molar-refractivity contribution in [2.75, 3.05) is 37.5 Å². The third kappa shape index (κ3) is 6.48. The Balaban J connectivity index is 1.90. The van der Waals surface area contributed by atoms with E-state index in [-0.39, 0.29) is 16.6 Å². The second kappa shape index (κ2) is 10.1. The van der Waals surface area contributed by atoms with Crippen molar-refractivity contribution in [3.8, 4) is 5.75 Å². The van der Waals surface area contributed by atoms with Gasteiger partial charge in [0.1, 0.15) is 5.75 Å². The Morgan fingerprint density at radius 1 is 1.14 bits per heavy atom. The first-order chi connectivity index (χ1) is 13.6. The maximum absolute atomic E-state index is 12.4. The number of ether oxygens (including phenoxy) is 1. The zero-order valence-corrected chi connectivity index (χ0v) is 19.1. The Bertz CT molecular complexity index is 973. The number of carbonyl (C=O) groups excluding carboxylic acids is 1. The number of anilines is 1. The third-order valence-corrected chi connectivity index (χ3v) is 7.13. The van der Waals surface area contributed by atoms with Crippen LogP contribution in [-0.2, 0) is 14.8 Å². The van der Waals surface area contributed by atoms with Crippen molar-refractivity contribution in [3.05, 3.63) is 53.1 Å². The lowest BCUT2D eigenvalue weighted by molar-refractivity contribution is -0.113. The fraction of sp³-hybridized carbons (Fsp3) is 0.381. The van der Waals surface area contributed by atoms with Gasteiger partial charge < -0.3 is 10.1 Å². The number of hydrogen-bond donors (Lipinski definition) is 1. The predicted molar refractivity (Wildman–Crippen MR) is 119 cm³/mol. The van der Waals surface area contributed by atoms with Gasteiger partial charge in [0.25, 0.3) is 0 Å². The fourth-order valence-corrected chi connectivity index (χ4v) is 4.21. The molecule has 6 nitrogen and oxygen atoms in total. The molecule has 1 amide bonds. The molecule has 0 bridgehead atoms. The number of hydrogen-bond acceptors (Lipinski definition) is 5. The van der Waals surface area contributed by atoms with Gasteiger partial charge in [-0.15, -0.1) is 11.8 Å².